The molecule has 0 bridgehead atoms. The van der Waals surface area contributed by atoms with E-state index < -0.39 is 0 Å². The molecule has 1 fully saturated rings. The number of nitrogens with two attached hydrogens (primary N) is 1. The normalized spacial score (nSPS) is 15.8. The van der Waals surface area contributed by atoms with E-state index >= 15 is 0 Å². The Morgan fingerprint density at radius 1 is 1.06 bits per heavy atom. The zero-order valence-electron chi connectivity index (χ0n) is 21.3. The van der Waals surface area contributed by atoms with Gasteiger partial charge in [0, 0.05) is 12.6 Å². The van der Waals surface area contributed by atoms with E-state index in [0.29, 0.717) is 23.5 Å². The second kappa shape index (κ2) is 11.4. The highest BCUT2D eigenvalue weighted by molar-refractivity contribution is 5.81. The highest BCUT2D eigenvalue weighted by Crippen LogP contribution is 2.37. The van der Waals surface area contributed by atoms with Crippen LogP contribution in [0.5, 0.6) is 11.5 Å². The van der Waals surface area contributed by atoms with E-state index in [1.54, 1.807) is 17.6 Å². The van der Waals surface area contributed by atoms with Crippen molar-refractivity contribution in [2.45, 2.75) is 72.5 Å². The lowest BCUT2D eigenvalue weighted by Crippen LogP contribution is -2.34. The summed E-state index contributed by atoms with van der Waals surface area (Å²) >= 11 is 0. The van der Waals surface area contributed by atoms with Gasteiger partial charge in [0.2, 0.25) is 5.95 Å². The van der Waals surface area contributed by atoms with Gasteiger partial charge in [-0.05, 0) is 55.0 Å². The van der Waals surface area contributed by atoms with Gasteiger partial charge in [-0.15, -0.1) is 10.2 Å². The van der Waals surface area contributed by atoms with E-state index in [9.17, 15) is 15.0 Å². The molecule has 4 N–H and O–H groups in total. The standard InChI is InChI=1S/C25H31N5O3.C2H6/c1-15(2)19-11-20(23(33)12-22(19)32)24-27-28-25(26)30(24)14-18-8-6-17(7-9-18)13-29-10-4-5-21(29)16(3)31;1-2/h6-9,11-12,15,21,32-33H,4-5,10,13-14H2,1-3H3,(H2,26,28);1-2H3/t21-;/m0./s1. The third kappa shape index (κ3) is 5.82. The van der Waals surface area contributed by atoms with Gasteiger partial charge in [0.15, 0.2) is 5.82 Å². The van der Waals surface area contributed by atoms with E-state index in [2.05, 4.69) is 27.2 Å². The summed E-state index contributed by atoms with van der Waals surface area (Å²) in [6.45, 7) is 11.7. The first-order valence-corrected chi connectivity index (χ1v) is 12.3. The lowest BCUT2D eigenvalue weighted by atomic mass is 9.98. The number of ketones is 1. The van der Waals surface area contributed by atoms with Crippen molar-refractivity contribution < 1.29 is 15.0 Å². The first kappa shape index (κ1) is 26.2. The number of hydrogen-bond donors (Lipinski definition) is 3. The molecule has 2 heterocycles. The van der Waals surface area contributed by atoms with Gasteiger partial charge in [-0.3, -0.25) is 14.3 Å². The number of benzene rings is 2. The molecule has 1 aliphatic rings. The van der Waals surface area contributed by atoms with Crippen molar-refractivity contribution >= 4 is 11.7 Å². The Kier molecular flexibility index (Phi) is 8.51. The molecule has 188 valence electrons. The summed E-state index contributed by atoms with van der Waals surface area (Å²) in [6.07, 6.45) is 1.99. The van der Waals surface area contributed by atoms with Crippen molar-refractivity contribution in [3.8, 4) is 22.9 Å². The minimum atomic E-state index is -0.0773. The molecule has 0 radical (unpaired) electrons. The fourth-order valence-electron chi connectivity index (χ4n) is 4.55. The molecule has 8 nitrogen and oxygen atoms in total. The summed E-state index contributed by atoms with van der Waals surface area (Å²) in [5.74, 6) is 0.963. The summed E-state index contributed by atoms with van der Waals surface area (Å²) in [6, 6.07) is 11.3. The van der Waals surface area contributed by atoms with Crippen molar-refractivity contribution in [3.05, 3.63) is 53.1 Å². The zero-order valence-corrected chi connectivity index (χ0v) is 21.3. The van der Waals surface area contributed by atoms with Gasteiger partial charge in [0.05, 0.1) is 18.2 Å². The molecule has 0 unspecified atom stereocenters. The SMILES string of the molecule is CC.CC(=O)[C@@H]1CCCN1Cc1ccc(Cn2c(N)nnc2-c2cc(C(C)C)c(O)cc2O)cc1. The van der Waals surface area contributed by atoms with Gasteiger partial charge in [-0.1, -0.05) is 52.0 Å². The van der Waals surface area contributed by atoms with Crippen LogP contribution in [-0.2, 0) is 17.9 Å². The molecule has 4 rings (SSSR count). The predicted octanol–water partition coefficient (Wildman–Crippen LogP) is 4.69. The Hall–Kier alpha value is -3.39. The van der Waals surface area contributed by atoms with Crippen LogP contribution >= 0.6 is 0 Å². The molecule has 8 heteroatoms. The molecule has 1 atom stereocenters. The zero-order chi connectivity index (χ0) is 25.7. The predicted molar refractivity (Wildman–Crippen MR) is 138 cm³/mol. The average molecular weight is 480 g/mol. The molecule has 0 spiro atoms. The number of carbonyl (C=O) groups is 1. The summed E-state index contributed by atoms with van der Waals surface area (Å²) < 4.78 is 1.75. The number of nitrogen functional groups attached to an aromatic ring is 1. The van der Waals surface area contributed by atoms with Crippen LogP contribution in [0.2, 0.25) is 0 Å². The van der Waals surface area contributed by atoms with Crippen LogP contribution in [0.25, 0.3) is 11.4 Å². The van der Waals surface area contributed by atoms with Crippen LogP contribution in [0.15, 0.2) is 36.4 Å². The van der Waals surface area contributed by atoms with Crippen LogP contribution in [0.4, 0.5) is 5.95 Å². The number of phenols is 2. The second-order valence-corrected chi connectivity index (χ2v) is 9.11. The number of aromatic hydroxyl groups is 2. The van der Waals surface area contributed by atoms with Crippen molar-refractivity contribution in [1.82, 2.24) is 19.7 Å². The van der Waals surface area contributed by atoms with Gasteiger partial charge in [0.25, 0.3) is 0 Å². The molecule has 0 saturated carbocycles. The molecule has 0 amide bonds. The van der Waals surface area contributed by atoms with E-state index in [-0.39, 0.29) is 35.2 Å². The van der Waals surface area contributed by atoms with Gasteiger partial charge < -0.3 is 15.9 Å². The number of phenolic OH excluding ortho intramolecular Hbond substituents is 2. The maximum Gasteiger partial charge on any atom is 0.222 e. The highest BCUT2D eigenvalue weighted by Gasteiger charge is 2.27. The number of nitrogens with zero attached hydrogens (tertiary/aromatic N) is 4. The van der Waals surface area contributed by atoms with Crippen LogP contribution in [0.3, 0.4) is 0 Å². The van der Waals surface area contributed by atoms with E-state index in [1.165, 1.54) is 6.07 Å². The van der Waals surface area contributed by atoms with E-state index in [1.807, 2.05) is 39.8 Å². The van der Waals surface area contributed by atoms with Crippen LogP contribution in [0.1, 0.15) is 70.1 Å². The Morgan fingerprint density at radius 3 is 2.29 bits per heavy atom. The number of likely N-dealkylation sites (tertiary alicyclic amines) is 1. The van der Waals surface area contributed by atoms with Gasteiger partial charge in [-0.25, -0.2) is 0 Å². The third-order valence-electron chi connectivity index (χ3n) is 6.37. The number of hydrogen-bond acceptors (Lipinski definition) is 7. The topological polar surface area (TPSA) is 118 Å². The molecule has 1 aliphatic heterocycles. The number of aromatic nitrogens is 3. The maximum absolute atomic E-state index is 11.9. The number of rotatable bonds is 7. The second-order valence-electron chi connectivity index (χ2n) is 9.11. The number of Topliss-reactive ketones (excluding diaryl/α,β-unsaturated/α-hetero) is 1. The summed E-state index contributed by atoms with van der Waals surface area (Å²) in [7, 11) is 0. The fourth-order valence-corrected chi connectivity index (χ4v) is 4.55. The van der Waals surface area contributed by atoms with Gasteiger partial charge in [-0.2, -0.15) is 0 Å². The number of anilines is 1. The Morgan fingerprint density at radius 2 is 1.69 bits per heavy atom. The van der Waals surface area contributed by atoms with Crippen LogP contribution in [0, 0.1) is 0 Å². The highest BCUT2D eigenvalue weighted by atomic mass is 16.3. The monoisotopic (exact) mass is 479 g/mol. The Bertz CT molecular complexity index is 1150. The van der Waals surface area contributed by atoms with Gasteiger partial charge in [0.1, 0.15) is 17.3 Å². The molecular weight excluding hydrogens is 442 g/mol. The van der Waals surface area contributed by atoms with Crippen molar-refractivity contribution in [3.63, 3.8) is 0 Å². The molecule has 1 aromatic heterocycles. The first-order chi connectivity index (χ1) is 16.7. The quantitative estimate of drug-likeness (QED) is 0.450. The number of carbonyl (C=O) groups excluding carboxylic acids is 1. The van der Waals surface area contributed by atoms with Crippen LogP contribution in [-0.4, -0.2) is 48.2 Å². The average Bonchev–Trinajstić information content (AvgIpc) is 3.43. The summed E-state index contributed by atoms with van der Waals surface area (Å²) in [4.78, 5) is 14.1. The lowest BCUT2D eigenvalue weighted by Gasteiger charge is -2.22. The fraction of sp³-hybridized carbons (Fsp3) is 0.444. The maximum atomic E-state index is 11.9. The van der Waals surface area contributed by atoms with Crippen molar-refractivity contribution in [2.24, 2.45) is 0 Å². The largest absolute Gasteiger partial charge is 0.508 e. The molecule has 3 aromatic rings. The Labute approximate surface area is 207 Å². The summed E-state index contributed by atoms with van der Waals surface area (Å²) in [5.41, 5.74) is 9.46. The van der Waals surface area contributed by atoms with Crippen molar-refractivity contribution in [1.29, 1.82) is 0 Å². The van der Waals surface area contributed by atoms with Gasteiger partial charge >= 0.3 is 0 Å². The first-order valence-electron chi connectivity index (χ1n) is 12.3. The van der Waals surface area contributed by atoms with E-state index in [4.69, 9.17) is 5.73 Å². The third-order valence-corrected chi connectivity index (χ3v) is 6.37. The molecule has 1 saturated heterocycles. The van der Waals surface area contributed by atoms with Crippen LogP contribution < -0.4 is 5.73 Å². The lowest BCUT2D eigenvalue weighted by molar-refractivity contribution is -0.121. The molecule has 0 aliphatic carbocycles. The minimum Gasteiger partial charge on any atom is -0.508 e. The molecule has 35 heavy (non-hydrogen) atoms. The smallest absolute Gasteiger partial charge is 0.222 e. The summed E-state index contributed by atoms with van der Waals surface area (Å²) in [5, 5.41) is 28.8. The molecule has 2 aromatic carbocycles. The minimum absolute atomic E-state index is 0.0257. The van der Waals surface area contributed by atoms with Crippen molar-refractivity contribution in [2.75, 3.05) is 12.3 Å². The molecular formula is C27H37N5O3. The van der Waals surface area contributed by atoms with E-state index in [0.717, 1.165) is 37.1 Å². The Balaban J connectivity index is 0.00000167.